The summed E-state index contributed by atoms with van der Waals surface area (Å²) in [5.41, 5.74) is 2.79. The lowest BCUT2D eigenvalue weighted by Crippen LogP contribution is -2.54. The molecule has 0 bridgehead atoms. The summed E-state index contributed by atoms with van der Waals surface area (Å²) < 4.78 is 5.71. The molecule has 1 spiro atoms. The number of benzene rings is 1. The minimum atomic E-state index is -0.255. The molecule has 2 saturated heterocycles. The molecule has 4 heteroatoms. The summed E-state index contributed by atoms with van der Waals surface area (Å²) in [7, 11) is 0. The van der Waals surface area contributed by atoms with Crippen molar-refractivity contribution in [1.82, 2.24) is 10.2 Å². The molecule has 0 radical (unpaired) electrons. The van der Waals surface area contributed by atoms with Crippen LogP contribution in [-0.2, 0) is 17.6 Å². The van der Waals surface area contributed by atoms with Crippen LogP contribution < -0.4 is 5.32 Å². The van der Waals surface area contributed by atoms with Gasteiger partial charge in [-0.2, -0.15) is 0 Å². The molecule has 1 aromatic carbocycles. The van der Waals surface area contributed by atoms with Gasteiger partial charge in [0.05, 0.1) is 6.04 Å². The number of nitrogens with zero attached hydrogens (tertiary/aromatic N) is 1. The van der Waals surface area contributed by atoms with E-state index in [0.717, 1.165) is 32.4 Å². The fourth-order valence-electron chi connectivity index (χ4n) is 4.74. The molecule has 1 aliphatic carbocycles. The van der Waals surface area contributed by atoms with Gasteiger partial charge in [0, 0.05) is 32.0 Å². The summed E-state index contributed by atoms with van der Waals surface area (Å²) in [4.78, 5) is 14.3. The van der Waals surface area contributed by atoms with E-state index in [0.29, 0.717) is 6.04 Å². The van der Waals surface area contributed by atoms with Gasteiger partial charge in [0.1, 0.15) is 5.60 Å². The number of likely N-dealkylation sites (tertiary alicyclic amines) is 1. The Balaban J connectivity index is 1.42. The average Bonchev–Trinajstić information content (AvgIpc) is 2.90. The Morgan fingerprint density at radius 1 is 1.26 bits per heavy atom. The molecule has 1 aromatic rings. The second-order valence-corrected chi connectivity index (χ2v) is 7.26. The average molecular weight is 314 g/mol. The summed E-state index contributed by atoms with van der Waals surface area (Å²) >= 11 is 0. The molecular weight excluding hydrogens is 288 g/mol. The molecule has 4 rings (SSSR count). The molecular formula is C19H26N2O2. The molecule has 1 N–H and O–H groups in total. The van der Waals surface area contributed by atoms with Gasteiger partial charge < -0.3 is 10.1 Å². The number of carbonyl (C=O) groups is 1. The third-order valence-electron chi connectivity index (χ3n) is 6.11. The van der Waals surface area contributed by atoms with Crippen LogP contribution in [-0.4, -0.2) is 41.8 Å². The van der Waals surface area contributed by atoms with Crippen LogP contribution in [0.25, 0.3) is 0 Å². The van der Waals surface area contributed by atoms with Crippen molar-refractivity contribution in [3.8, 4) is 0 Å². The Morgan fingerprint density at radius 3 is 2.74 bits per heavy atom. The van der Waals surface area contributed by atoms with Gasteiger partial charge in [-0.25, -0.2) is 4.79 Å². The number of fused-ring (bicyclic) bond motifs is 1. The van der Waals surface area contributed by atoms with Crippen LogP contribution in [0.4, 0.5) is 4.79 Å². The maximum atomic E-state index is 11.7. The fraction of sp³-hybridized carbons (Fsp3) is 0.632. The van der Waals surface area contributed by atoms with E-state index in [-0.39, 0.29) is 17.7 Å². The normalized spacial score (nSPS) is 29.9. The first kappa shape index (κ1) is 15.0. The maximum Gasteiger partial charge on any atom is 0.408 e. The summed E-state index contributed by atoms with van der Waals surface area (Å²) in [5.74, 6) is 0. The standard InChI is InChI=1S/C19H26N2O2/c1-2-17-19(23-18(22)20-17)9-11-21(12-10-19)16-8-7-14-5-3-4-6-15(14)13-16/h3-6,16-17H,2,7-13H2,1H3,(H,20,22). The van der Waals surface area contributed by atoms with Gasteiger partial charge >= 0.3 is 6.09 Å². The Labute approximate surface area is 138 Å². The Hall–Kier alpha value is -1.55. The van der Waals surface area contributed by atoms with Crippen LogP contribution in [0.3, 0.4) is 0 Å². The van der Waals surface area contributed by atoms with E-state index in [1.807, 2.05) is 0 Å². The predicted molar refractivity (Wildman–Crippen MR) is 89.5 cm³/mol. The lowest BCUT2D eigenvalue weighted by molar-refractivity contribution is -0.0297. The molecule has 23 heavy (non-hydrogen) atoms. The van der Waals surface area contributed by atoms with Gasteiger partial charge in [-0.05, 0) is 36.8 Å². The van der Waals surface area contributed by atoms with Crippen LogP contribution in [0.2, 0.25) is 0 Å². The zero-order valence-electron chi connectivity index (χ0n) is 13.9. The lowest BCUT2D eigenvalue weighted by atomic mass is 9.81. The number of piperidine rings is 1. The Bertz CT molecular complexity index is 593. The van der Waals surface area contributed by atoms with E-state index < -0.39 is 0 Å². The summed E-state index contributed by atoms with van der Waals surface area (Å²) in [5, 5.41) is 2.99. The summed E-state index contributed by atoms with van der Waals surface area (Å²) in [6.45, 7) is 4.21. The SMILES string of the molecule is CCC1NC(=O)OC12CCN(C1CCc3ccccc3C1)CC2. The second kappa shape index (κ2) is 5.82. The van der Waals surface area contributed by atoms with E-state index in [9.17, 15) is 4.79 Å². The monoisotopic (exact) mass is 314 g/mol. The van der Waals surface area contributed by atoms with Gasteiger partial charge in [-0.15, -0.1) is 0 Å². The highest BCUT2D eigenvalue weighted by atomic mass is 16.6. The van der Waals surface area contributed by atoms with E-state index >= 15 is 0 Å². The van der Waals surface area contributed by atoms with Gasteiger partial charge in [0.25, 0.3) is 0 Å². The first-order chi connectivity index (χ1) is 11.2. The highest BCUT2D eigenvalue weighted by molar-refractivity contribution is 5.71. The third-order valence-corrected chi connectivity index (χ3v) is 6.11. The van der Waals surface area contributed by atoms with Crippen molar-refractivity contribution < 1.29 is 9.53 Å². The van der Waals surface area contributed by atoms with E-state index in [1.54, 1.807) is 0 Å². The highest BCUT2D eigenvalue weighted by Crippen LogP contribution is 2.37. The quantitative estimate of drug-likeness (QED) is 0.912. The summed E-state index contributed by atoms with van der Waals surface area (Å²) in [6.07, 6.45) is 6.25. The minimum absolute atomic E-state index is 0.184. The molecule has 2 heterocycles. The minimum Gasteiger partial charge on any atom is -0.441 e. The highest BCUT2D eigenvalue weighted by Gasteiger charge is 2.50. The molecule has 2 unspecified atom stereocenters. The fourth-order valence-corrected chi connectivity index (χ4v) is 4.74. The first-order valence-electron chi connectivity index (χ1n) is 9.00. The van der Waals surface area contributed by atoms with E-state index in [2.05, 4.69) is 41.4 Å². The number of rotatable bonds is 2. The third kappa shape index (κ3) is 2.63. The van der Waals surface area contributed by atoms with Crippen molar-refractivity contribution in [2.75, 3.05) is 13.1 Å². The Morgan fingerprint density at radius 2 is 2.00 bits per heavy atom. The van der Waals surface area contributed by atoms with Gasteiger partial charge in [-0.3, -0.25) is 4.90 Å². The van der Waals surface area contributed by atoms with Crippen LogP contribution in [0, 0.1) is 0 Å². The molecule has 2 aliphatic heterocycles. The molecule has 1 amide bonds. The van der Waals surface area contributed by atoms with Gasteiger partial charge in [0.15, 0.2) is 0 Å². The smallest absolute Gasteiger partial charge is 0.408 e. The molecule has 124 valence electrons. The zero-order chi connectivity index (χ0) is 15.9. The maximum absolute atomic E-state index is 11.7. The van der Waals surface area contributed by atoms with E-state index in [1.165, 1.54) is 30.4 Å². The van der Waals surface area contributed by atoms with Crippen LogP contribution in [0.15, 0.2) is 24.3 Å². The second-order valence-electron chi connectivity index (χ2n) is 7.26. The number of nitrogens with one attached hydrogen (secondary N) is 1. The number of hydrogen-bond acceptors (Lipinski definition) is 3. The van der Waals surface area contributed by atoms with Crippen molar-refractivity contribution in [2.24, 2.45) is 0 Å². The first-order valence-corrected chi connectivity index (χ1v) is 9.00. The number of ether oxygens (including phenoxy) is 1. The predicted octanol–water partition coefficient (Wildman–Crippen LogP) is 2.90. The molecule has 3 aliphatic rings. The number of alkyl carbamates (subject to hydrolysis) is 1. The molecule has 2 fully saturated rings. The van der Waals surface area contributed by atoms with Gasteiger partial charge in [-0.1, -0.05) is 31.2 Å². The summed E-state index contributed by atoms with van der Waals surface area (Å²) in [6, 6.07) is 9.68. The van der Waals surface area contributed by atoms with Crippen LogP contribution >= 0.6 is 0 Å². The Kier molecular flexibility index (Phi) is 3.80. The number of aryl methyl sites for hydroxylation is 1. The number of hydrogen-bond donors (Lipinski definition) is 1. The molecule has 0 aromatic heterocycles. The van der Waals surface area contributed by atoms with Crippen molar-refractivity contribution >= 4 is 6.09 Å². The topological polar surface area (TPSA) is 41.6 Å². The lowest BCUT2D eigenvalue weighted by Gasteiger charge is -2.44. The molecule has 0 saturated carbocycles. The number of carbonyl (C=O) groups excluding carboxylic acids is 1. The molecule has 4 nitrogen and oxygen atoms in total. The molecule has 2 atom stereocenters. The zero-order valence-corrected chi connectivity index (χ0v) is 13.9. The van der Waals surface area contributed by atoms with Crippen molar-refractivity contribution in [3.63, 3.8) is 0 Å². The van der Waals surface area contributed by atoms with E-state index in [4.69, 9.17) is 4.74 Å². The largest absolute Gasteiger partial charge is 0.441 e. The van der Waals surface area contributed by atoms with Crippen LogP contribution in [0.1, 0.15) is 43.7 Å². The van der Waals surface area contributed by atoms with Crippen molar-refractivity contribution in [1.29, 1.82) is 0 Å². The van der Waals surface area contributed by atoms with Crippen molar-refractivity contribution in [3.05, 3.63) is 35.4 Å². The van der Waals surface area contributed by atoms with Gasteiger partial charge in [0.2, 0.25) is 0 Å². The van der Waals surface area contributed by atoms with Crippen LogP contribution in [0.5, 0.6) is 0 Å². The van der Waals surface area contributed by atoms with Crippen molar-refractivity contribution in [2.45, 2.75) is 63.1 Å². The number of amides is 1.